The van der Waals surface area contributed by atoms with Crippen LogP contribution in [0.3, 0.4) is 0 Å². The van der Waals surface area contributed by atoms with E-state index in [1.807, 2.05) is 5.38 Å². The zero-order valence-corrected chi connectivity index (χ0v) is 15.9. The lowest BCUT2D eigenvalue weighted by molar-refractivity contribution is -0.147. The maximum Gasteiger partial charge on any atom is 0.437 e. The van der Waals surface area contributed by atoms with Crippen LogP contribution in [0.5, 0.6) is 0 Å². The van der Waals surface area contributed by atoms with E-state index in [0.717, 1.165) is 16.0 Å². The highest BCUT2D eigenvalue weighted by Crippen LogP contribution is 2.22. The normalized spacial score (nSPS) is 10.6. The predicted octanol–water partition coefficient (Wildman–Crippen LogP) is 1.30. The first-order chi connectivity index (χ1) is 13.4. The zero-order valence-electron chi connectivity index (χ0n) is 14.2. The second-order valence-electron chi connectivity index (χ2n) is 5.36. The molecule has 0 aliphatic rings. The molecular formula is C16H14N4O6S2. The quantitative estimate of drug-likeness (QED) is 0.520. The van der Waals surface area contributed by atoms with E-state index in [0.29, 0.717) is 4.88 Å². The third kappa shape index (κ3) is 4.72. The van der Waals surface area contributed by atoms with Gasteiger partial charge in [0.25, 0.3) is 17.7 Å². The number of rotatable bonds is 8. The third-order valence-electron chi connectivity index (χ3n) is 3.41. The van der Waals surface area contributed by atoms with Crippen LogP contribution in [-0.4, -0.2) is 34.2 Å². The minimum Gasteiger partial charge on any atom is -0.456 e. The number of hydrogen-bond donors (Lipinski definition) is 2. The SMILES string of the molecule is NC(=O)c1ccsc1NC(=O)COC(=O)CCn1nc(-c2cccs2)oc1=O. The van der Waals surface area contributed by atoms with Gasteiger partial charge in [-0.3, -0.25) is 14.4 Å². The molecule has 2 amide bonds. The molecule has 3 aromatic rings. The highest BCUT2D eigenvalue weighted by atomic mass is 32.1. The summed E-state index contributed by atoms with van der Waals surface area (Å²) in [6, 6.07) is 5.03. The number of nitrogens with one attached hydrogen (secondary N) is 1. The Morgan fingerprint density at radius 2 is 2.07 bits per heavy atom. The maximum absolute atomic E-state index is 11.8. The Balaban J connectivity index is 1.47. The fourth-order valence-electron chi connectivity index (χ4n) is 2.13. The zero-order chi connectivity index (χ0) is 20.1. The number of thiophene rings is 2. The van der Waals surface area contributed by atoms with Gasteiger partial charge in [-0.05, 0) is 22.9 Å². The van der Waals surface area contributed by atoms with E-state index < -0.39 is 30.1 Å². The predicted molar refractivity (Wildman–Crippen MR) is 101 cm³/mol. The topological polar surface area (TPSA) is 147 Å². The highest BCUT2D eigenvalue weighted by Gasteiger charge is 2.15. The van der Waals surface area contributed by atoms with Gasteiger partial charge in [0, 0.05) is 0 Å². The van der Waals surface area contributed by atoms with Gasteiger partial charge in [-0.25, -0.2) is 4.79 Å². The van der Waals surface area contributed by atoms with Crippen molar-refractivity contribution in [3.63, 3.8) is 0 Å². The molecule has 3 N–H and O–H groups in total. The van der Waals surface area contributed by atoms with Crippen LogP contribution in [0.2, 0.25) is 0 Å². The van der Waals surface area contributed by atoms with Crippen molar-refractivity contribution in [2.75, 3.05) is 11.9 Å². The van der Waals surface area contributed by atoms with Crippen molar-refractivity contribution in [3.8, 4) is 10.8 Å². The molecule has 0 unspecified atom stereocenters. The van der Waals surface area contributed by atoms with E-state index in [1.165, 1.54) is 17.4 Å². The lowest BCUT2D eigenvalue weighted by Crippen LogP contribution is -2.23. The number of nitrogens with zero attached hydrogens (tertiary/aromatic N) is 2. The summed E-state index contributed by atoms with van der Waals surface area (Å²) in [4.78, 5) is 47.3. The molecule has 3 rings (SSSR count). The molecule has 0 bridgehead atoms. The molecule has 146 valence electrons. The number of aromatic nitrogens is 2. The third-order valence-corrected chi connectivity index (χ3v) is 5.10. The van der Waals surface area contributed by atoms with Crippen LogP contribution in [0.25, 0.3) is 10.8 Å². The lowest BCUT2D eigenvalue weighted by Gasteiger charge is -2.06. The van der Waals surface area contributed by atoms with Gasteiger partial charge in [-0.15, -0.1) is 27.8 Å². The summed E-state index contributed by atoms with van der Waals surface area (Å²) in [7, 11) is 0. The molecule has 0 fully saturated rings. The van der Waals surface area contributed by atoms with Gasteiger partial charge in [-0.2, -0.15) is 4.68 Å². The number of primary amides is 1. The van der Waals surface area contributed by atoms with Crippen LogP contribution in [0.4, 0.5) is 5.00 Å². The fraction of sp³-hybridized carbons (Fsp3) is 0.188. The smallest absolute Gasteiger partial charge is 0.437 e. The number of esters is 1. The number of hydrogen-bond acceptors (Lipinski definition) is 9. The summed E-state index contributed by atoms with van der Waals surface area (Å²) >= 11 is 2.49. The average Bonchev–Trinajstić information content (AvgIpc) is 3.39. The highest BCUT2D eigenvalue weighted by molar-refractivity contribution is 7.14. The van der Waals surface area contributed by atoms with Gasteiger partial charge >= 0.3 is 11.7 Å². The van der Waals surface area contributed by atoms with Crippen molar-refractivity contribution in [3.05, 3.63) is 45.1 Å². The summed E-state index contributed by atoms with van der Waals surface area (Å²) in [5.74, 6) is -2.49. The number of anilines is 1. The van der Waals surface area contributed by atoms with E-state index in [1.54, 1.807) is 17.5 Å². The molecule has 3 heterocycles. The second kappa shape index (κ2) is 8.63. The first kappa shape index (κ1) is 19.5. The van der Waals surface area contributed by atoms with Gasteiger partial charge in [0.1, 0.15) is 5.00 Å². The van der Waals surface area contributed by atoms with Crippen molar-refractivity contribution in [1.82, 2.24) is 9.78 Å². The maximum atomic E-state index is 11.8. The lowest BCUT2D eigenvalue weighted by atomic mass is 10.3. The summed E-state index contributed by atoms with van der Waals surface area (Å²) < 4.78 is 10.9. The summed E-state index contributed by atoms with van der Waals surface area (Å²) in [6.45, 7) is -0.589. The monoisotopic (exact) mass is 422 g/mol. The molecular weight excluding hydrogens is 408 g/mol. The van der Waals surface area contributed by atoms with E-state index >= 15 is 0 Å². The Kier molecular flexibility index (Phi) is 6.01. The molecule has 0 radical (unpaired) electrons. The number of nitrogens with two attached hydrogens (primary N) is 1. The Morgan fingerprint density at radius 1 is 1.25 bits per heavy atom. The first-order valence-electron chi connectivity index (χ1n) is 7.88. The van der Waals surface area contributed by atoms with Crippen molar-refractivity contribution < 1.29 is 23.5 Å². The van der Waals surface area contributed by atoms with Crippen LogP contribution >= 0.6 is 22.7 Å². The molecule has 0 aliphatic heterocycles. The summed E-state index contributed by atoms with van der Waals surface area (Å²) in [6.07, 6.45) is -0.171. The van der Waals surface area contributed by atoms with Gasteiger partial charge in [-0.1, -0.05) is 6.07 Å². The van der Waals surface area contributed by atoms with Crippen LogP contribution in [0, 0.1) is 0 Å². The first-order valence-corrected chi connectivity index (χ1v) is 9.64. The minimum absolute atomic E-state index is 0.0507. The van der Waals surface area contributed by atoms with Crippen molar-refractivity contribution in [2.24, 2.45) is 5.73 Å². The molecule has 0 saturated carbocycles. The Morgan fingerprint density at radius 3 is 2.79 bits per heavy atom. The number of carbonyl (C=O) groups excluding carboxylic acids is 3. The Hall–Kier alpha value is -3.25. The van der Waals surface area contributed by atoms with Crippen molar-refractivity contribution >= 4 is 45.5 Å². The number of amides is 2. The molecule has 28 heavy (non-hydrogen) atoms. The molecule has 10 nitrogen and oxygen atoms in total. The second-order valence-corrected chi connectivity index (χ2v) is 7.22. The molecule has 3 aromatic heterocycles. The van der Waals surface area contributed by atoms with E-state index in [2.05, 4.69) is 10.4 Å². The average molecular weight is 422 g/mol. The number of carbonyl (C=O) groups is 3. The van der Waals surface area contributed by atoms with Gasteiger partial charge in [0.2, 0.25) is 0 Å². The van der Waals surface area contributed by atoms with Crippen molar-refractivity contribution in [1.29, 1.82) is 0 Å². The standard InChI is InChI=1S/C16H14N4O6S2/c17-13(23)9-4-7-28-15(9)18-11(21)8-25-12(22)3-5-20-16(24)26-14(19-20)10-2-1-6-27-10/h1-2,4,6-7H,3,5,8H2,(H2,17,23)(H,18,21). The molecule has 0 spiro atoms. The minimum atomic E-state index is -0.691. The fourth-order valence-corrected chi connectivity index (χ4v) is 3.58. The van der Waals surface area contributed by atoms with E-state index in [-0.39, 0.29) is 29.4 Å². The summed E-state index contributed by atoms with van der Waals surface area (Å²) in [5, 5.41) is 10.2. The molecule has 0 saturated heterocycles. The molecule has 12 heteroatoms. The van der Waals surface area contributed by atoms with Crippen LogP contribution in [0.1, 0.15) is 16.8 Å². The number of aryl methyl sites for hydroxylation is 1. The van der Waals surface area contributed by atoms with Gasteiger partial charge < -0.3 is 20.2 Å². The van der Waals surface area contributed by atoms with Crippen LogP contribution in [-0.2, 0) is 20.9 Å². The van der Waals surface area contributed by atoms with E-state index in [4.69, 9.17) is 14.9 Å². The Labute approximate surface area is 165 Å². The molecule has 0 aromatic carbocycles. The largest absolute Gasteiger partial charge is 0.456 e. The van der Waals surface area contributed by atoms with Gasteiger partial charge in [0.05, 0.1) is 23.4 Å². The Bertz CT molecular complexity index is 1050. The summed E-state index contributed by atoms with van der Waals surface area (Å²) in [5.41, 5.74) is 5.36. The molecule has 0 aliphatic carbocycles. The van der Waals surface area contributed by atoms with E-state index in [9.17, 15) is 19.2 Å². The number of ether oxygens (including phenoxy) is 1. The van der Waals surface area contributed by atoms with Crippen LogP contribution in [0.15, 0.2) is 38.2 Å². The van der Waals surface area contributed by atoms with Crippen LogP contribution < -0.4 is 16.8 Å². The van der Waals surface area contributed by atoms with Crippen molar-refractivity contribution in [2.45, 2.75) is 13.0 Å². The van der Waals surface area contributed by atoms with Gasteiger partial charge in [0.15, 0.2) is 6.61 Å². The molecule has 0 atom stereocenters.